The van der Waals surface area contributed by atoms with E-state index >= 15 is 0 Å². The summed E-state index contributed by atoms with van der Waals surface area (Å²) in [5, 5.41) is 3.64. The Morgan fingerprint density at radius 3 is 2.33 bits per heavy atom. The standard InChI is InChI=1S/C17H19ClN2O/c1-11-9-13(16(21)20-17(2,3)4)10-15(19-11)12-5-7-14(18)8-6-12/h5-10H,1-4H3,(H,20,21). The Balaban J connectivity index is 2.37. The van der Waals surface area contributed by atoms with Crippen LogP contribution in [0, 0.1) is 6.92 Å². The maximum Gasteiger partial charge on any atom is 0.251 e. The second kappa shape index (κ2) is 5.86. The van der Waals surface area contributed by atoms with Gasteiger partial charge < -0.3 is 5.32 Å². The van der Waals surface area contributed by atoms with E-state index in [0.29, 0.717) is 10.6 Å². The van der Waals surface area contributed by atoms with Gasteiger partial charge in [-0.25, -0.2) is 0 Å². The van der Waals surface area contributed by atoms with Gasteiger partial charge in [-0.3, -0.25) is 9.78 Å². The molecule has 2 aromatic rings. The van der Waals surface area contributed by atoms with Gasteiger partial charge in [0.1, 0.15) is 0 Å². The third-order valence-corrected chi connectivity index (χ3v) is 3.10. The number of nitrogens with one attached hydrogen (secondary N) is 1. The summed E-state index contributed by atoms with van der Waals surface area (Å²) < 4.78 is 0. The average Bonchev–Trinajstić information content (AvgIpc) is 2.36. The van der Waals surface area contributed by atoms with E-state index in [-0.39, 0.29) is 11.4 Å². The molecule has 0 aliphatic heterocycles. The zero-order valence-electron chi connectivity index (χ0n) is 12.7. The van der Waals surface area contributed by atoms with E-state index < -0.39 is 0 Å². The van der Waals surface area contributed by atoms with E-state index in [9.17, 15) is 4.79 Å². The highest BCUT2D eigenvalue weighted by Gasteiger charge is 2.16. The van der Waals surface area contributed by atoms with E-state index in [0.717, 1.165) is 17.0 Å². The highest BCUT2D eigenvalue weighted by atomic mass is 35.5. The number of amides is 1. The average molecular weight is 303 g/mol. The molecule has 0 radical (unpaired) electrons. The second-order valence-corrected chi connectivity index (χ2v) is 6.53. The Labute approximate surface area is 130 Å². The summed E-state index contributed by atoms with van der Waals surface area (Å²) in [6.07, 6.45) is 0. The van der Waals surface area contributed by atoms with Gasteiger partial charge in [0.05, 0.1) is 5.69 Å². The predicted octanol–water partition coefficient (Wildman–Crippen LogP) is 4.24. The van der Waals surface area contributed by atoms with Gasteiger partial charge in [-0.1, -0.05) is 23.7 Å². The van der Waals surface area contributed by atoms with Crippen molar-refractivity contribution in [1.82, 2.24) is 10.3 Å². The van der Waals surface area contributed by atoms with E-state index in [4.69, 9.17) is 11.6 Å². The van der Waals surface area contributed by atoms with E-state index in [2.05, 4.69) is 10.3 Å². The number of halogens is 1. The minimum Gasteiger partial charge on any atom is -0.347 e. The molecule has 0 bridgehead atoms. The molecule has 4 heteroatoms. The molecular formula is C17H19ClN2O. The molecule has 0 spiro atoms. The zero-order valence-corrected chi connectivity index (χ0v) is 13.5. The quantitative estimate of drug-likeness (QED) is 0.901. The minimum absolute atomic E-state index is 0.0942. The lowest BCUT2D eigenvalue weighted by molar-refractivity contribution is 0.0919. The van der Waals surface area contributed by atoms with Crippen LogP contribution in [0.15, 0.2) is 36.4 Å². The fourth-order valence-electron chi connectivity index (χ4n) is 1.98. The summed E-state index contributed by atoms with van der Waals surface area (Å²) in [4.78, 5) is 16.8. The number of hydrogen-bond acceptors (Lipinski definition) is 2. The monoisotopic (exact) mass is 302 g/mol. The molecule has 1 heterocycles. The summed E-state index contributed by atoms with van der Waals surface area (Å²) >= 11 is 5.90. The summed E-state index contributed by atoms with van der Waals surface area (Å²) in [7, 11) is 0. The Morgan fingerprint density at radius 2 is 1.76 bits per heavy atom. The first kappa shape index (κ1) is 15.5. The van der Waals surface area contributed by atoms with Crippen LogP contribution in [-0.2, 0) is 0 Å². The van der Waals surface area contributed by atoms with Gasteiger partial charge in [0, 0.05) is 27.4 Å². The fourth-order valence-corrected chi connectivity index (χ4v) is 2.11. The van der Waals surface area contributed by atoms with Crippen molar-refractivity contribution < 1.29 is 4.79 Å². The number of aromatic nitrogens is 1. The van der Waals surface area contributed by atoms with Crippen molar-refractivity contribution in [1.29, 1.82) is 0 Å². The molecule has 0 saturated heterocycles. The lowest BCUT2D eigenvalue weighted by Crippen LogP contribution is -2.40. The molecule has 1 amide bonds. The Hall–Kier alpha value is -1.87. The van der Waals surface area contributed by atoms with Crippen molar-refractivity contribution in [2.75, 3.05) is 0 Å². The van der Waals surface area contributed by atoms with Gasteiger partial charge in [-0.05, 0) is 52.0 Å². The second-order valence-electron chi connectivity index (χ2n) is 6.09. The van der Waals surface area contributed by atoms with Crippen LogP contribution < -0.4 is 5.32 Å². The first-order valence-electron chi connectivity index (χ1n) is 6.82. The molecule has 0 aliphatic carbocycles. The topological polar surface area (TPSA) is 42.0 Å². The number of aryl methyl sites for hydroxylation is 1. The number of hydrogen-bond donors (Lipinski definition) is 1. The van der Waals surface area contributed by atoms with Crippen molar-refractivity contribution in [2.24, 2.45) is 0 Å². The summed E-state index contributed by atoms with van der Waals surface area (Å²) in [5.41, 5.74) is 2.86. The number of pyridine rings is 1. The maximum atomic E-state index is 12.3. The van der Waals surface area contributed by atoms with Crippen LogP contribution in [-0.4, -0.2) is 16.4 Å². The Bertz CT molecular complexity index is 657. The van der Waals surface area contributed by atoms with Crippen molar-refractivity contribution in [3.05, 3.63) is 52.7 Å². The summed E-state index contributed by atoms with van der Waals surface area (Å²) in [6.45, 7) is 7.75. The molecule has 1 aromatic carbocycles. The molecule has 0 atom stereocenters. The highest BCUT2D eigenvalue weighted by molar-refractivity contribution is 6.30. The predicted molar refractivity (Wildman–Crippen MR) is 86.6 cm³/mol. The van der Waals surface area contributed by atoms with Gasteiger partial charge in [0.25, 0.3) is 5.91 Å². The molecule has 21 heavy (non-hydrogen) atoms. The van der Waals surface area contributed by atoms with Crippen molar-refractivity contribution in [3.63, 3.8) is 0 Å². The molecule has 0 saturated carbocycles. The highest BCUT2D eigenvalue weighted by Crippen LogP contribution is 2.21. The van der Waals surface area contributed by atoms with Crippen LogP contribution in [0.3, 0.4) is 0 Å². The SMILES string of the molecule is Cc1cc(C(=O)NC(C)(C)C)cc(-c2ccc(Cl)cc2)n1. The van der Waals surface area contributed by atoms with Gasteiger partial charge in [0.2, 0.25) is 0 Å². The largest absolute Gasteiger partial charge is 0.347 e. The van der Waals surface area contributed by atoms with E-state index in [1.54, 1.807) is 12.1 Å². The first-order chi connectivity index (χ1) is 9.74. The molecule has 110 valence electrons. The van der Waals surface area contributed by atoms with Crippen LogP contribution in [0.1, 0.15) is 36.8 Å². The summed E-state index contributed by atoms with van der Waals surface area (Å²) in [6, 6.07) is 11.0. The summed E-state index contributed by atoms with van der Waals surface area (Å²) in [5.74, 6) is -0.0942. The Kier molecular flexibility index (Phi) is 4.33. The van der Waals surface area contributed by atoms with Gasteiger partial charge >= 0.3 is 0 Å². The maximum absolute atomic E-state index is 12.3. The lowest BCUT2D eigenvalue weighted by atomic mass is 10.1. The van der Waals surface area contributed by atoms with Crippen molar-refractivity contribution in [2.45, 2.75) is 33.2 Å². The van der Waals surface area contributed by atoms with Gasteiger partial charge in [-0.2, -0.15) is 0 Å². The molecule has 1 aromatic heterocycles. The van der Waals surface area contributed by atoms with Gasteiger partial charge in [-0.15, -0.1) is 0 Å². The third-order valence-electron chi connectivity index (χ3n) is 2.84. The minimum atomic E-state index is -0.269. The normalized spacial score (nSPS) is 11.3. The zero-order chi connectivity index (χ0) is 15.6. The van der Waals surface area contributed by atoms with E-state index in [1.807, 2.05) is 52.0 Å². The molecule has 0 aliphatic rings. The molecular weight excluding hydrogens is 284 g/mol. The first-order valence-corrected chi connectivity index (χ1v) is 7.19. The number of nitrogens with zero attached hydrogens (tertiary/aromatic N) is 1. The number of carbonyl (C=O) groups excluding carboxylic acids is 1. The molecule has 0 fully saturated rings. The third kappa shape index (κ3) is 4.30. The molecule has 1 N–H and O–H groups in total. The lowest BCUT2D eigenvalue weighted by Gasteiger charge is -2.20. The smallest absolute Gasteiger partial charge is 0.251 e. The molecule has 2 rings (SSSR count). The number of benzene rings is 1. The van der Waals surface area contributed by atoms with Crippen LogP contribution in [0.2, 0.25) is 5.02 Å². The van der Waals surface area contributed by atoms with Gasteiger partial charge in [0.15, 0.2) is 0 Å². The Morgan fingerprint density at radius 1 is 1.14 bits per heavy atom. The fraction of sp³-hybridized carbons (Fsp3) is 0.294. The van der Waals surface area contributed by atoms with Crippen molar-refractivity contribution >= 4 is 17.5 Å². The van der Waals surface area contributed by atoms with Crippen LogP contribution in [0.5, 0.6) is 0 Å². The number of carbonyl (C=O) groups is 1. The van der Waals surface area contributed by atoms with E-state index in [1.165, 1.54) is 0 Å². The number of rotatable bonds is 2. The molecule has 3 nitrogen and oxygen atoms in total. The van der Waals surface area contributed by atoms with Crippen LogP contribution >= 0.6 is 11.6 Å². The van der Waals surface area contributed by atoms with Crippen molar-refractivity contribution in [3.8, 4) is 11.3 Å². The van der Waals surface area contributed by atoms with Crippen LogP contribution in [0.25, 0.3) is 11.3 Å². The molecule has 0 unspecified atom stereocenters. The van der Waals surface area contributed by atoms with Crippen LogP contribution in [0.4, 0.5) is 0 Å².